The Bertz CT molecular complexity index is 783. The van der Waals surface area contributed by atoms with E-state index >= 15 is 0 Å². The van der Waals surface area contributed by atoms with Crippen LogP contribution in [0.5, 0.6) is 11.5 Å². The van der Waals surface area contributed by atoms with Crippen molar-refractivity contribution in [3.05, 3.63) is 59.2 Å². The van der Waals surface area contributed by atoms with Crippen LogP contribution in [-0.4, -0.2) is 24.4 Å². The van der Waals surface area contributed by atoms with Crippen LogP contribution < -0.4 is 9.47 Å². The maximum absolute atomic E-state index is 10.4. The van der Waals surface area contributed by atoms with Crippen LogP contribution in [0.4, 0.5) is 0 Å². The minimum Gasteiger partial charge on any atom is -0.491 e. The van der Waals surface area contributed by atoms with E-state index in [1.54, 1.807) is 0 Å². The van der Waals surface area contributed by atoms with Crippen molar-refractivity contribution in [1.29, 1.82) is 0 Å². The van der Waals surface area contributed by atoms with E-state index in [1.165, 1.54) is 16.7 Å². The zero-order valence-corrected chi connectivity index (χ0v) is 20.3. The quantitative estimate of drug-likeness (QED) is 0.597. The third-order valence-corrected chi connectivity index (χ3v) is 5.24. The van der Waals surface area contributed by atoms with Crippen LogP contribution in [0.1, 0.15) is 79.0 Å². The molecule has 2 aromatic rings. The molecule has 0 saturated carbocycles. The first kappa shape index (κ1) is 24.3. The van der Waals surface area contributed by atoms with E-state index in [-0.39, 0.29) is 29.5 Å². The molecule has 0 aliphatic rings. The van der Waals surface area contributed by atoms with E-state index < -0.39 is 6.10 Å². The number of hydrogen-bond acceptors (Lipinski definition) is 3. The molecule has 1 atom stereocenters. The zero-order chi connectivity index (χ0) is 22.7. The predicted molar refractivity (Wildman–Crippen MR) is 126 cm³/mol. The van der Waals surface area contributed by atoms with Gasteiger partial charge in [-0.3, -0.25) is 0 Å². The molecular weight excluding hydrogens is 372 g/mol. The van der Waals surface area contributed by atoms with E-state index in [0.29, 0.717) is 0 Å². The third kappa shape index (κ3) is 7.05. The van der Waals surface area contributed by atoms with Gasteiger partial charge in [-0.1, -0.05) is 80.5 Å². The average molecular weight is 413 g/mol. The molecular formula is C27H40O3. The Morgan fingerprint density at radius 3 is 1.40 bits per heavy atom. The Hall–Kier alpha value is -2.00. The molecule has 0 heterocycles. The summed E-state index contributed by atoms with van der Waals surface area (Å²) < 4.78 is 11.7. The Morgan fingerprint density at radius 2 is 1.00 bits per heavy atom. The number of aliphatic hydroxyl groups is 1. The molecule has 166 valence electrons. The highest BCUT2D eigenvalue weighted by Gasteiger charge is 2.21. The second-order valence-electron chi connectivity index (χ2n) is 11.3. The van der Waals surface area contributed by atoms with Crippen molar-refractivity contribution in [3.8, 4) is 11.5 Å². The molecule has 0 fully saturated rings. The molecule has 2 aromatic carbocycles. The van der Waals surface area contributed by atoms with Crippen molar-refractivity contribution < 1.29 is 14.6 Å². The van der Waals surface area contributed by atoms with Gasteiger partial charge in [0.15, 0.2) is 0 Å². The van der Waals surface area contributed by atoms with Crippen LogP contribution >= 0.6 is 0 Å². The van der Waals surface area contributed by atoms with Crippen LogP contribution in [0.2, 0.25) is 0 Å². The van der Waals surface area contributed by atoms with Gasteiger partial charge in [0.1, 0.15) is 30.8 Å². The predicted octanol–water partition coefficient (Wildman–Crippen LogP) is 6.40. The lowest BCUT2D eigenvalue weighted by Crippen LogP contribution is -2.25. The van der Waals surface area contributed by atoms with Gasteiger partial charge in [-0.25, -0.2) is 0 Å². The van der Waals surface area contributed by atoms with E-state index in [4.69, 9.17) is 9.47 Å². The summed E-state index contributed by atoms with van der Waals surface area (Å²) >= 11 is 0. The molecule has 30 heavy (non-hydrogen) atoms. The van der Waals surface area contributed by atoms with Gasteiger partial charge in [0.25, 0.3) is 0 Å². The Morgan fingerprint density at radius 1 is 0.600 bits per heavy atom. The molecule has 1 N–H and O–H groups in total. The Balaban J connectivity index is 1.99. The van der Waals surface area contributed by atoms with Crippen LogP contribution in [0.15, 0.2) is 42.5 Å². The molecule has 0 amide bonds. The average Bonchev–Trinajstić information content (AvgIpc) is 2.62. The van der Waals surface area contributed by atoms with Gasteiger partial charge >= 0.3 is 0 Å². The van der Waals surface area contributed by atoms with Crippen molar-refractivity contribution in [3.63, 3.8) is 0 Å². The minimum absolute atomic E-state index is 0.0281. The van der Waals surface area contributed by atoms with Crippen molar-refractivity contribution in [2.45, 2.75) is 84.7 Å². The number of benzene rings is 2. The van der Waals surface area contributed by atoms with Gasteiger partial charge in [-0.05, 0) is 57.2 Å². The standard InChI is InChI=1S/C27H40O3/c1-25(2,3)19-10-12-23(13-11-19)29-17-22(28)18-30-24-15-20(26(4,5)6)14-21(16-24)27(7,8)9/h10-16,22,28H,17-18H2,1-9H3. The maximum Gasteiger partial charge on any atom is 0.122 e. The van der Waals surface area contributed by atoms with Crippen LogP contribution in [-0.2, 0) is 16.2 Å². The van der Waals surface area contributed by atoms with E-state index in [9.17, 15) is 5.11 Å². The van der Waals surface area contributed by atoms with Gasteiger partial charge in [0.05, 0.1) is 0 Å². The summed E-state index contributed by atoms with van der Waals surface area (Å²) in [5.74, 6) is 1.55. The fraction of sp³-hybridized carbons (Fsp3) is 0.556. The van der Waals surface area contributed by atoms with Crippen LogP contribution in [0, 0.1) is 0 Å². The zero-order valence-electron chi connectivity index (χ0n) is 20.3. The van der Waals surface area contributed by atoms with Gasteiger partial charge in [0.2, 0.25) is 0 Å². The lowest BCUT2D eigenvalue weighted by molar-refractivity contribution is 0.0625. The fourth-order valence-electron chi connectivity index (χ4n) is 3.03. The van der Waals surface area contributed by atoms with Crippen molar-refractivity contribution in [2.75, 3.05) is 13.2 Å². The van der Waals surface area contributed by atoms with E-state index in [2.05, 4.69) is 92.6 Å². The topological polar surface area (TPSA) is 38.7 Å². The fourth-order valence-corrected chi connectivity index (χ4v) is 3.03. The number of aliphatic hydroxyl groups excluding tert-OH is 1. The summed E-state index contributed by atoms with van der Waals surface area (Å²) in [5, 5.41) is 10.4. The highest BCUT2D eigenvalue weighted by molar-refractivity contribution is 5.40. The molecule has 0 spiro atoms. The second kappa shape index (κ2) is 9.01. The second-order valence-corrected chi connectivity index (χ2v) is 11.3. The molecule has 0 aromatic heterocycles. The smallest absolute Gasteiger partial charge is 0.122 e. The van der Waals surface area contributed by atoms with E-state index in [0.717, 1.165) is 11.5 Å². The van der Waals surface area contributed by atoms with Gasteiger partial charge in [-0.2, -0.15) is 0 Å². The lowest BCUT2D eigenvalue weighted by Gasteiger charge is -2.26. The molecule has 2 rings (SSSR count). The number of rotatable bonds is 6. The minimum atomic E-state index is -0.705. The van der Waals surface area contributed by atoms with Gasteiger partial charge in [0, 0.05) is 0 Å². The third-order valence-electron chi connectivity index (χ3n) is 5.24. The van der Waals surface area contributed by atoms with Gasteiger partial charge in [-0.15, -0.1) is 0 Å². The highest BCUT2D eigenvalue weighted by Crippen LogP contribution is 2.33. The van der Waals surface area contributed by atoms with Crippen molar-refractivity contribution in [1.82, 2.24) is 0 Å². The molecule has 0 saturated heterocycles. The monoisotopic (exact) mass is 412 g/mol. The maximum atomic E-state index is 10.4. The van der Waals surface area contributed by atoms with Crippen LogP contribution in [0.25, 0.3) is 0 Å². The summed E-state index contributed by atoms with van der Waals surface area (Å²) in [6.07, 6.45) is -0.705. The Labute approximate surface area is 183 Å². The SMILES string of the molecule is CC(C)(C)c1ccc(OCC(O)COc2cc(C(C)(C)C)cc(C(C)(C)C)c2)cc1. The summed E-state index contributed by atoms with van der Waals surface area (Å²) in [7, 11) is 0. The van der Waals surface area contributed by atoms with E-state index in [1.807, 2.05) is 12.1 Å². The first-order chi connectivity index (χ1) is 13.7. The highest BCUT2D eigenvalue weighted by atomic mass is 16.5. The van der Waals surface area contributed by atoms with Gasteiger partial charge < -0.3 is 14.6 Å². The normalized spacial score (nSPS) is 13.8. The summed E-state index contributed by atoms with van der Waals surface area (Å²) in [6.45, 7) is 20.1. The number of ether oxygens (including phenoxy) is 2. The first-order valence-electron chi connectivity index (χ1n) is 10.9. The first-order valence-corrected chi connectivity index (χ1v) is 10.9. The molecule has 0 aliphatic heterocycles. The molecule has 0 aliphatic carbocycles. The number of hydrogen-bond donors (Lipinski definition) is 1. The molecule has 3 heteroatoms. The molecule has 1 unspecified atom stereocenters. The summed E-state index contributed by atoms with van der Waals surface area (Å²) in [4.78, 5) is 0. The molecule has 0 bridgehead atoms. The molecule has 0 radical (unpaired) electrons. The van der Waals surface area contributed by atoms with Crippen LogP contribution in [0.3, 0.4) is 0 Å². The van der Waals surface area contributed by atoms with Crippen molar-refractivity contribution >= 4 is 0 Å². The summed E-state index contributed by atoms with van der Waals surface area (Å²) in [6, 6.07) is 14.5. The Kier molecular flexibility index (Phi) is 7.29. The lowest BCUT2D eigenvalue weighted by atomic mass is 9.80. The largest absolute Gasteiger partial charge is 0.491 e. The summed E-state index contributed by atoms with van der Waals surface area (Å²) in [5.41, 5.74) is 3.89. The van der Waals surface area contributed by atoms with Crippen molar-refractivity contribution in [2.24, 2.45) is 0 Å². The molecule has 3 nitrogen and oxygen atoms in total.